The third-order valence-electron chi connectivity index (χ3n) is 3.87. The molecule has 1 aliphatic rings. The average Bonchev–Trinajstić information content (AvgIpc) is 3.22. The predicted molar refractivity (Wildman–Crippen MR) is 94.4 cm³/mol. The van der Waals surface area contributed by atoms with Crippen molar-refractivity contribution in [1.29, 1.82) is 0 Å². The van der Waals surface area contributed by atoms with Gasteiger partial charge < -0.3 is 9.47 Å². The number of benzene rings is 2. The number of hydrogen-bond acceptors (Lipinski definition) is 6. The van der Waals surface area contributed by atoms with Crippen LogP contribution in [-0.2, 0) is 0 Å². The van der Waals surface area contributed by atoms with E-state index in [1.54, 1.807) is 4.52 Å². The molecule has 3 heterocycles. The zero-order valence-electron chi connectivity index (χ0n) is 12.8. The molecule has 1 aliphatic heterocycles. The van der Waals surface area contributed by atoms with Crippen molar-refractivity contribution in [2.75, 3.05) is 6.61 Å². The Balaban J connectivity index is 1.52. The number of rotatable bonds is 2. The lowest BCUT2D eigenvalue weighted by atomic mass is 10.2. The Bertz CT molecular complexity index is 1080. The number of fused-ring (bicyclic) bond motifs is 2. The average molecular weight is 371 g/mol. The van der Waals surface area contributed by atoms with E-state index in [1.165, 1.54) is 11.3 Å². The molecule has 0 radical (unpaired) electrons. The molecule has 124 valence electrons. The van der Waals surface area contributed by atoms with Gasteiger partial charge in [0.25, 0.3) is 0 Å². The van der Waals surface area contributed by atoms with Crippen LogP contribution in [0, 0.1) is 0 Å². The number of aromatic nitrogens is 4. The summed E-state index contributed by atoms with van der Waals surface area (Å²) in [5, 5.41) is 14.5. The van der Waals surface area contributed by atoms with Gasteiger partial charge in [0.1, 0.15) is 6.61 Å². The van der Waals surface area contributed by atoms with E-state index in [1.807, 2.05) is 48.5 Å². The lowest BCUT2D eigenvalue weighted by Crippen LogP contribution is -2.21. The third kappa shape index (κ3) is 2.52. The molecule has 6 nitrogen and oxygen atoms in total. The van der Waals surface area contributed by atoms with E-state index in [0.717, 1.165) is 22.1 Å². The normalized spacial score (nSPS) is 16.3. The molecule has 2 aromatic carbocycles. The van der Waals surface area contributed by atoms with Gasteiger partial charge in [0.05, 0.1) is 0 Å². The molecule has 0 bridgehead atoms. The zero-order valence-corrected chi connectivity index (χ0v) is 14.4. The molecular formula is C17H11ClN4O2S. The summed E-state index contributed by atoms with van der Waals surface area (Å²) in [4.78, 5) is 0.701. The molecule has 4 aromatic rings. The topological polar surface area (TPSA) is 61.5 Å². The summed E-state index contributed by atoms with van der Waals surface area (Å²) in [5.74, 6) is 2.12. The first-order valence-corrected chi connectivity index (χ1v) is 8.84. The lowest BCUT2D eigenvalue weighted by molar-refractivity contribution is 0.0904. The minimum absolute atomic E-state index is 0.270. The van der Waals surface area contributed by atoms with Crippen molar-refractivity contribution in [3.05, 3.63) is 58.6 Å². The maximum Gasteiger partial charge on any atom is 0.235 e. The van der Waals surface area contributed by atoms with Crippen molar-refractivity contribution in [3.63, 3.8) is 0 Å². The molecule has 0 saturated carbocycles. The maximum atomic E-state index is 6.08. The molecule has 0 fully saturated rings. The molecule has 2 aromatic heterocycles. The highest BCUT2D eigenvalue weighted by Gasteiger charge is 2.27. The van der Waals surface area contributed by atoms with Crippen LogP contribution >= 0.6 is 22.9 Å². The molecule has 0 spiro atoms. The number of hydrogen-bond donors (Lipinski definition) is 0. The quantitative estimate of drug-likeness (QED) is 0.533. The van der Waals surface area contributed by atoms with Crippen LogP contribution in [0.15, 0.2) is 48.5 Å². The molecule has 25 heavy (non-hydrogen) atoms. The Morgan fingerprint density at radius 2 is 1.96 bits per heavy atom. The Hall–Kier alpha value is -2.64. The highest BCUT2D eigenvalue weighted by Crippen LogP contribution is 2.37. The Morgan fingerprint density at radius 1 is 1.08 bits per heavy atom. The van der Waals surface area contributed by atoms with Gasteiger partial charge in [0.2, 0.25) is 4.96 Å². The zero-order chi connectivity index (χ0) is 16.8. The summed E-state index contributed by atoms with van der Waals surface area (Å²) < 4.78 is 13.5. The van der Waals surface area contributed by atoms with E-state index >= 15 is 0 Å². The molecule has 0 N–H and O–H groups in total. The summed E-state index contributed by atoms with van der Waals surface area (Å²) in [6.45, 7) is 0.410. The van der Waals surface area contributed by atoms with E-state index in [4.69, 9.17) is 21.1 Å². The van der Waals surface area contributed by atoms with Crippen LogP contribution in [-0.4, -0.2) is 26.4 Å². The van der Waals surface area contributed by atoms with Crippen LogP contribution in [0.25, 0.3) is 16.3 Å². The fourth-order valence-corrected chi connectivity index (χ4v) is 3.75. The first-order valence-electron chi connectivity index (χ1n) is 7.64. The summed E-state index contributed by atoms with van der Waals surface area (Å²) in [5.41, 5.74) is 0.864. The third-order valence-corrected chi connectivity index (χ3v) is 5.10. The van der Waals surface area contributed by atoms with Crippen LogP contribution in [0.1, 0.15) is 11.1 Å². The second-order valence-electron chi connectivity index (χ2n) is 5.53. The van der Waals surface area contributed by atoms with Crippen molar-refractivity contribution >= 4 is 27.9 Å². The fourth-order valence-electron chi connectivity index (χ4n) is 2.71. The highest BCUT2D eigenvalue weighted by molar-refractivity contribution is 7.16. The van der Waals surface area contributed by atoms with Gasteiger partial charge in [-0.1, -0.05) is 47.2 Å². The van der Waals surface area contributed by atoms with Crippen LogP contribution < -0.4 is 9.47 Å². The Labute approximate surface area is 151 Å². The van der Waals surface area contributed by atoms with Gasteiger partial charge in [0, 0.05) is 10.6 Å². The fraction of sp³-hybridized carbons (Fsp3) is 0.118. The molecule has 0 unspecified atom stereocenters. The van der Waals surface area contributed by atoms with Gasteiger partial charge in [-0.15, -0.1) is 10.2 Å². The first kappa shape index (κ1) is 14.7. The van der Waals surface area contributed by atoms with Gasteiger partial charge in [-0.05, 0) is 24.3 Å². The van der Waals surface area contributed by atoms with E-state index in [2.05, 4.69) is 15.3 Å². The van der Waals surface area contributed by atoms with Gasteiger partial charge >= 0.3 is 0 Å². The van der Waals surface area contributed by atoms with E-state index in [0.29, 0.717) is 22.4 Å². The molecule has 5 rings (SSSR count). The monoisotopic (exact) mass is 370 g/mol. The number of para-hydroxylation sites is 2. The van der Waals surface area contributed by atoms with Crippen molar-refractivity contribution in [2.24, 2.45) is 0 Å². The van der Waals surface area contributed by atoms with Gasteiger partial charge in [-0.2, -0.15) is 9.61 Å². The van der Waals surface area contributed by atoms with Crippen molar-refractivity contribution < 1.29 is 9.47 Å². The summed E-state index contributed by atoms with van der Waals surface area (Å²) in [7, 11) is 0. The Morgan fingerprint density at radius 3 is 2.84 bits per heavy atom. The van der Waals surface area contributed by atoms with Crippen LogP contribution in [0.3, 0.4) is 0 Å². The van der Waals surface area contributed by atoms with E-state index < -0.39 is 0 Å². The van der Waals surface area contributed by atoms with Gasteiger partial charge in [0.15, 0.2) is 28.4 Å². The van der Waals surface area contributed by atoms with Crippen LogP contribution in [0.5, 0.6) is 11.5 Å². The van der Waals surface area contributed by atoms with Gasteiger partial charge in [-0.3, -0.25) is 0 Å². The molecule has 0 aliphatic carbocycles. The SMILES string of the molecule is Clc1cccc(-c2nnc3sc([C@H]4COc5ccccc5O4)nn23)c1. The molecular weight excluding hydrogens is 360 g/mol. The maximum absolute atomic E-state index is 6.08. The minimum atomic E-state index is -0.270. The minimum Gasteiger partial charge on any atom is -0.485 e. The van der Waals surface area contributed by atoms with E-state index in [-0.39, 0.29) is 6.10 Å². The number of halogens is 1. The molecule has 0 amide bonds. The first-order chi connectivity index (χ1) is 12.3. The van der Waals surface area contributed by atoms with Crippen LogP contribution in [0.2, 0.25) is 5.02 Å². The van der Waals surface area contributed by atoms with Crippen LogP contribution in [0.4, 0.5) is 0 Å². The second kappa shape index (κ2) is 5.72. The lowest BCUT2D eigenvalue weighted by Gasteiger charge is -2.24. The highest BCUT2D eigenvalue weighted by atomic mass is 35.5. The molecule has 8 heteroatoms. The summed E-state index contributed by atoms with van der Waals surface area (Å²) in [6, 6.07) is 15.1. The second-order valence-corrected chi connectivity index (χ2v) is 6.96. The standard InChI is InChI=1S/C17H11ClN4O2S/c18-11-5-3-4-10(8-11)15-19-20-17-22(15)21-16(25-17)14-9-23-12-6-1-2-7-13(12)24-14/h1-8,14H,9H2/t14-/m1/s1. The summed E-state index contributed by atoms with van der Waals surface area (Å²) in [6.07, 6.45) is -0.270. The number of nitrogens with zero attached hydrogens (tertiary/aromatic N) is 4. The van der Waals surface area contributed by atoms with Crippen molar-refractivity contribution in [1.82, 2.24) is 19.8 Å². The number of ether oxygens (including phenoxy) is 2. The van der Waals surface area contributed by atoms with E-state index in [9.17, 15) is 0 Å². The largest absolute Gasteiger partial charge is 0.485 e. The van der Waals surface area contributed by atoms with Crippen molar-refractivity contribution in [2.45, 2.75) is 6.10 Å². The Kier molecular flexibility index (Phi) is 3.36. The van der Waals surface area contributed by atoms with Gasteiger partial charge in [-0.25, -0.2) is 0 Å². The molecule has 1 atom stereocenters. The van der Waals surface area contributed by atoms with Crippen molar-refractivity contribution in [3.8, 4) is 22.9 Å². The predicted octanol–water partition coefficient (Wildman–Crippen LogP) is 4.02. The molecule has 0 saturated heterocycles. The smallest absolute Gasteiger partial charge is 0.235 e. The summed E-state index contributed by atoms with van der Waals surface area (Å²) >= 11 is 7.51.